The smallest absolute Gasteiger partial charge is 0.279 e. The maximum absolute atomic E-state index is 12.2. The standard InChI is InChI=1S/C17H22N4O2S/c1-3-11-4-5-14-12(7-11)8-15(24-14)17(23)21-20-16(22)9-13-6-10(2)18-19-13/h6,8,11H,3-5,7,9H2,1-2H3,(H,18,19)(H,20,22)(H,21,23)/t11-/m1/s1. The van der Waals surface area contributed by atoms with Crippen LogP contribution < -0.4 is 10.9 Å². The fraction of sp³-hybridized carbons (Fsp3) is 0.471. The number of fused-ring (bicyclic) bond motifs is 1. The van der Waals surface area contributed by atoms with Gasteiger partial charge in [0.15, 0.2) is 0 Å². The Morgan fingerprint density at radius 1 is 1.38 bits per heavy atom. The number of nitrogens with one attached hydrogen (secondary N) is 3. The molecule has 0 spiro atoms. The van der Waals surface area contributed by atoms with Crippen LogP contribution >= 0.6 is 11.3 Å². The molecule has 128 valence electrons. The van der Waals surface area contributed by atoms with Crippen molar-refractivity contribution in [3.63, 3.8) is 0 Å². The minimum Gasteiger partial charge on any atom is -0.283 e. The van der Waals surface area contributed by atoms with Crippen LogP contribution in [-0.2, 0) is 24.1 Å². The van der Waals surface area contributed by atoms with Crippen LogP contribution in [0.4, 0.5) is 0 Å². The molecule has 2 aromatic rings. The lowest BCUT2D eigenvalue weighted by Crippen LogP contribution is -2.42. The number of hydrogen-bond acceptors (Lipinski definition) is 4. The molecule has 1 atom stereocenters. The summed E-state index contributed by atoms with van der Waals surface area (Å²) in [5, 5.41) is 6.79. The first-order chi connectivity index (χ1) is 11.5. The Kier molecular flexibility index (Phi) is 4.99. The molecule has 0 saturated carbocycles. The molecule has 2 aromatic heterocycles. The zero-order valence-electron chi connectivity index (χ0n) is 13.9. The fourth-order valence-electron chi connectivity index (χ4n) is 3.02. The molecule has 7 heteroatoms. The molecular formula is C17H22N4O2S. The Balaban J connectivity index is 1.54. The van der Waals surface area contributed by atoms with Crippen molar-refractivity contribution in [3.05, 3.63) is 38.8 Å². The van der Waals surface area contributed by atoms with Crippen LogP contribution in [0.3, 0.4) is 0 Å². The molecule has 3 rings (SSSR count). The Morgan fingerprint density at radius 3 is 2.92 bits per heavy atom. The number of amides is 2. The molecule has 0 aromatic carbocycles. The molecule has 1 aliphatic carbocycles. The summed E-state index contributed by atoms with van der Waals surface area (Å²) >= 11 is 1.53. The molecular weight excluding hydrogens is 324 g/mol. The van der Waals surface area contributed by atoms with Gasteiger partial charge in [0.2, 0.25) is 5.91 Å². The number of nitrogens with zero attached hydrogens (tertiary/aromatic N) is 1. The molecule has 3 N–H and O–H groups in total. The molecule has 0 saturated heterocycles. The van der Waals surface area contributed by atoms with Crippen LogP contribution in [0.15, 0.2) is 12.1 Å². The first-order valence-corrected chi connectivity index (χ1v) is 9.08. The molecule has 0 aliphatic heterocycles. The summed E-state index contributed by atoms with van der Waals surface area (Å²) in [4.78, 5) is 26.1. The molecule has 1 aliphatic rings. The monoisotopic (exact) mass is 346 g/mol. The predicted octanol–water partition coefficient (Wildman–Crippen LogP) is 2.30. The van der Waals surface area contributed by atoms with Crippen molar-refractivity contribution in [3.8, 4) is 0 Å². The highest BCUT2D eigenvalue weighted by Gasteiger charge is 2.22. The van der Waals surface area contributed by atoms with E-state index in [4.69, 9.17) is 0 Å². The third-order valence-electron chi connectivity index (χ3n) is 4.40. The van der Waals surface area contributed by atoms with Gasteiger partial charge in [-0.15, -0.1) is 11.3 Å². The van der Waals surface area contributed by atoms with E-state index in [9.17, 15) is 9.59 Å². The predicted molar refractivity (Wildman–Crippen MR) is 92.8 cm³/mol. The van der Waals surface area contributed by atoms with Crippen molar-refractivity contribution in [2.24, 2.45) is 5.92 Å². The van der Waals surface area contributed by atoms with Gasteiger partial charge in [0.1, 0.15) is 0 Å². The minimum absolute atomic E-state index is 0.129. The molecule has 6 nitrogen and oxygen atoms in total. The van der Waals surface area contributed by atoms with E-state index in [1.54, 1.807) is 6.07 Å². The van der Waals surface area contributed by atoms with Crippen LogP contribution in [0.25, 0.3) is 0 Å². The van der Waals surface area contributed by atoms with Crippen molar-refractivity contribution in [2.45, 2.75) is 46.0 Å². The second-order valence-corrected chi connectivity index (χ2v) is 7.43. The number of hydrazine groups is 1. The number of hydrogen-bond donors (Lipinski definition) is 3. The third kappa shape index (κ3) is 3.84. The second kappa shape index (κ2) is 7.17. The van der Waals surface area contributed by atoms with E-state index >= 15 is 0 Å². The molecule has 2 amide bonds. The zero-order chi connectivity index (χ0) is 17.1. The van der Waals surface area contributed by atoms with Crippen LogP contribution in [0.1, 0.15) is 51.3 Å². The van der Waals surface area contributed by atoms with Gasteiger partial charge in [0.05, 0.1) is 17.0 Å². The number of thiophene rings is 1. The Labute approximate surface area is 145 Å². The van der Waals surface area contributed by atoms with E-state index in [0.29, 0.717) is 10.6 Å². The number of carbonyl (C=O) groups is 2. The van der Waals surface area contributed by atoms with E-state index in [-0.39, 0.29) is 18.2 Å². The van der Waals surface area contributed by atoms with Crippen molar-refractivity contribution in [2.75, 3.05) is 0 Å². The lowest BCUT2D eigenvalue weighted by atomic mass is 9.87. The number of aromatic amines is 1. The second-order valence-electron chi connectivity index (χ2n) is 6.30. The number of rotatable bonds is 4. The van der Waals surface area contributed by atoms with Gasteiger partial charge in [-0.1, -0.05) is 13.3 Å². The van der Waals surface area contributed by atoms with E-state index in [1.165, 1.54) is 34.6 Å². The van der Waals surface area contributed by atoms with Crippen molar-refractivity contribution < 1.29 is 9.59 Å². The highest BCUT2D eigenvalue weighted by Crippen LogP contribution is 2.33. The Bertz CT molecular complexity index is 750. The minimum atomic E-state index is -0.290. The van der Waals surface area contributed by atoms with Crippen molar-refractivity contribution in [1.82, 2.24) is 21.0 Å². The van der Waals surface area contributed by atoms with Crippen LogP contribution in [-0.4, -0.2) is 22.0 Å². The number of aromatic nitrogens is 2. The van der Waals surface area contributed by atoms with E-state index in [2.05, 4.69) is 28.0 Å². The largest absolute Gasteiger partial charge is 0.283 e. The molecule has 0 bridgehead atoms. The van der Waals surface area contributed by atoms with Gasteiger partial charge in [-0.2, -0.15) is 5.10 Å². The molecule has 2 heterocycles. The van der Waals surface area contributed by atoms with Crippen LogP contribution in [0, 0.1) is 12.8 Å². The highest BCUT2D eigenvalue weighted by atomic mass is 32.1. The van der Waals surface area contributed by atoms with Gasteiger partial charge in [0, 0.05) is 10.6 Å². The normalized spacial score (nSPS) is 16.5. The molecule has 24 heavy (non-hydrogen) atoms. The zero-order valence-corrected chi connectivity index (χ0v) is 14.8. The van der Waals surface area contributed by atoms with Gasteiger partial charge in [-0.05, 0) is 49.8 Å². The SMILES string of the molecule is CC[C@@H]1CCc2sc(C(=O)NNC(=O)Cc3cc(C)[nH]n3)cc2C1. The van der Waals surface area contributed by atoms with Gasteiger partial charge in [0.25, 0.3) is 5.91 Å². The lowest BCUT2D eigenvalue weighted by molar-refractivity contribution is -0.121. The summed E-state index contributed by atoms with van der Waals surface area (Å²) in [6, 6.07) is 3.78. The average molecular weight is 346 g/mol. The summed E-state index contributed by atoms with van der Waals surface area (Å²) in [6.45, 7) is 4.09. The number of aryl methyl sites for hydroxylation is 2. The van der Waals surface area contributed by atoms with E-state index in [1.807, 2.05) is 13.0 Å². The van der Waals surface area contributed by atoms with Crippen LogP contribution in [0.5, 0.6) is 0 Å². The van der Waals surface area contributed by atoms with Gasteiger partial charge in [-0.3, -0.25) is 25.5 Å². The first kappa shape index (κ1) is 16.7. The van der Waals surface area contributed by atoms with Crippen LogP contribution in [0.2, 0.25) is 0 Å². The lowest BCUT2D eigenvalue weighted by Gasteiger charge is -2.19. The molecule has 0 radical (unpaired) electrons. The third-order valence-corrected chi connectivity index (χ3v) is 5.64. The topological polar surface area (TPSA) is 86.9 Å². The average Bonchev–Trinajstić information content (AvgIpc) is 3.17. The summed E-state index contributed by atoms with van der Waals surface area (Å²) in [7, 11) is 0. The maximum Gasteiger partial charge on any atom is 0.279 e. The summed E-state index contributed by atoms with van der Waals surface area (Å²) in [5.74, 6) is 0.177. The fourth-order valence-corrected chi connectivity index (χ4v) is 4.12. The first-order valence-electron chi connectivity index (χ1n) is 8.26. The van der Waals surface area contributed by atoms with Gasteiger partial charge >= 0.3 is 0 Å². The Hall–Kier alpha value is -2.15. The Morgan fingerprint density at radius 2 is 2.21 bits per heavy atom. The van der Waals surface area contributed by atoms with Crippen molar-refractivity contribution >= 4 is 23.2 Å². The highest BCUT2D eigenvalue weighted by molar-refractivity contribution is 7.14. The number of carbonyl (C=O) groups excluding carboxylic acids is 2. The molecule has 0 fully saturated rings. The molecule has 0 unspecified atom stereocenters. The van der Waals surface area contributed by atoms with Gasteiger partial charge < -0.3 is 0 Å². The maximum atomic E-state index is 12.2. The van der Waals surface area contributed by atoms with Gasteiger partial charge in [-0.25, -0.2) is 0 Å². The summed E-state index contributed by atoms with van der Waals surface area (Å²) in [6.07, 6.45) is 4.62. The summed E-state index contributed by atoms with van der Waals surface area (Å²) < 4.78 is 0. The van der Waals surface area contributed by atoms with Crippen molar-refractivity contribution in [1.29, 1.82) is 0 Å². The number of H-pyrrole nitrogens is 1. The van der Waals surface area contributed by atoms with E-state index < -0.39 is 0 Å². The summed E-state index contributed by atoms with van der Waals surface area (Å²) in [5.41, 5.74) is 7.79. The quantitative estimate of drug-likeness (QED) is 0.743. The van der Waals surface area contributed by atoms with E-state index in [0.717, 1.165) is 24.5 Å².